The molecule has 0 bridgehead atoms. The second-order valence-corrected chi connectivity index (χ2v) is 5.94. The Morgan fingerprint density at radius 1 is 1.45 bits per heavy atom. The van der Waals surface area contributed by atoms with Gasteiger partial charge in [0.15, 0.2) is 0 Å². The molecule has 1 heterocycles. The van der Waals surface area contributed by atoms with Crippen LogP contribution in [0, 0.1) is 0 Å². The van der Waals surface area contributed by atoms with Gasteiger partial charge in [0, 0.05) is 17.2 Å². The lowest BCUT2D eigenvalue weighted by molar-refractivity contribution is 0.182. The number of hydrogen-bond donors (Lipinski definition) is 1. The summed E-state index contributed by atoms with van der Waals surface area (Å²) >= 11 is 15.7. The van der Waals surface area contributed by atoms with E-state index in [2.05, 4.69) is 21.0 Å². The number of benzene rings is 1. The van der Waals surface area contributed by atoms with Gasteiger partial charge in [0.1, 0.15) is 0 Å². The van der Waals surface area contributed by atoms with E-state index in [0.717, 1.165) is 15.7 Å². The van der Waals surface area contributed by atoms with E-state index in [9.17, 15) is 0 Å². The van der Waals surface area contributed by atoms with Gasteiger partial charge in [-0.15, -0.1) is 0 Å². The molecule has 1 aromatic carbocycles. The minimum atomic E-state index is -0.421. The summed E-state index contributed by atoms with van der Waals surface area (Å²) in [6, 6.07) is 4.82. The Balaban J connectivity index is 2.39. The molecular formula is C13H14BrCl2N3O. The maximum atomic E-state index is 6.33. The third kappa shape index (κ3) is 3.35. The number of rotatable bonds is 5. The molecular weight excluding hydrogens is 365 g/mol. The molecule has 0 radical (unpaired) electrons. The highest BCUT2D eigenvalue weighted by molar-refractivity contribution is 9.10. The van der Waals surface area contributed by atoms with E-state index in [1.54, 1.807) is 36.2 Å². The Morgan fingerprint density at radius 2 is 2.20 bits per heavy atom. The van der Waals surface area contributed by atoms with Crippen LogP contribution in [-0.4, -0.2) is 23.5 Å². The average molecular weight is 379 g/mol. The maximum absolute atomic E-state index is 6.33. The lowest BCUT2D eigenvalue weighted by Gasteiger charge is -2.17. The highest BCUT2D eigenvalue weighted by atomic mass is 79.9. The Kier molecular flexibility index (Phi) is 5.46. The molecule has 1 atom stereocenters. The molecule has 0 amide bonds. The topological polar surface area (TPSA) is 53.1 Å². The van der Waals surface area contributed by atoms with Crippen LogP contribution in [0.4, 0.5) is 0 Å². The van der Waals surface area contributed by atoms with E-state index >= 15 is 0 Å². The summed E-state index contributed by atoms with van der Waals surface area (Å²) in [5.74, 6) is 0. The Morgan fingerprint density at radius 3 is 2.90 bits per heavy atom. The predicted molar refractivity (Wildman–Crippen MR) is 84.3 cm³/mol. The van der Waals surface area contributed by atoms with Crippen LogP contribution in [0.25, 0.3) is 0 Å². The van der Waals surface area contributed by atoms with E-state index in [1.807, 2.05) is 0 Å². The Labute approximate surface area is 135 Å². The van der Waals surface area contributed by atoms with Gasteiger partial charge < -0.3 is 10.5 Å². The number of methoxy groups -OCH3 is 1. The van der Waals surface area contributed by atoms with Gasteiger partial charge in [-0.3, -0.25) is 4.68 Å². The zero-order valence-electron chi connectivity index (χ0n) is 10.8. The first-order valence-electron chi connectivity index (χ1n) is 5.95. The number of hydrogen-bond acceptors (Lipinski definition) is 3. The molecule has 0 saturated heterocycles. The van der Waals surface area contributed by atoms with E-state index in [0.29, 0.717) is 23.2 Å². The van der Waals surface area contributed by atoms with Gasteiger partial charge in [-0.2, -0.15) is 5.10 Å². The van der Waals surface area contributed by atoms with Crippen LogP contribution in [0.3, 0.4) is 0 Å². The molecule has 1 aromatic heterocycles. The van der Waals surface area contributed by atoms with Crippen molar-refractivity contribution in [3.8, 4) is 0 Å². The third-order valence-corrected chi connectivity index (χ3v) is 4.12. The Hall–Kier alpha value is -0.590. The summed E-state index contributed by atoms with van der Waals surface area (Å²) in [6.07, 6.45) is 1.71. The zero-order chi connectivity index (χ0) is 14.7. The van der Waals surface area contributed by atoms with Crippen LogP contribution in [0.15, 0.2) is 28.9 Å². The fraction of sp³-hybridized carbons (Fsp3) is 0.308. The van der Waals surface area contributed by atoms with Crippen molar-refractivity contribution < 1.29 is 4.74 Å². The quantitative estimate of drug-likeness (QED) is 0.863. The minimum absolute atomic E-state index is 0.421. The second kappa shape index (κ2) is 6.91. The maximum Gasteiger partial charge on any atom is 0.0749 e. The fourth-order valence-corrected chi connectivity index (χ4v) is 2.90. The highest BCUT2D eigenvalue weighted by Gasteiger charge is 2.20. The number of halogens is 3. The first-order valence-corrected chi connectivity index (χ1v) is 7.50. The number of aromatic nitrogens is 2. The molecule has 4 nitrogen and oxygen atoms in total. The van der Waals surface area contributed by atoms with E-state index < -0.39 is 6.04 Å². The largest absolute Gasteiger partial charge is 0.383 e. The average Bonchev–Trinajstić information content (AvgIpc) is 2.79. The van der Waals surface area contributed by atoms with Crippen molar-refractivity contribution in [3.63, 3.8) is 0 Å². The van der Waals surface area contributed by atoms with E-state index in [1.165, 1.54) is 0 Å². The summed E-state index contributed by atoms with van der Waals surface area (Å²) in [4.78, 5) is 0. The molecule has 0 aliphatic rings. The Bertz CT molecular complexity index is 603. The zero-order valence-corrected chi connectivity index (χ0v) is 13.9. The lowest BCUT2D eigenvalue weighted by Crippen LogP contribution is -2.20. The molecule has 2 rings (SSSR count). The normalized spacial score (nSPS) is 12.7. The predicted octanol–water partition coefficient (Wildman–Crippen LogP) is 3.65. The summed E-state index contributed by atoms with van der Waals surface area (Å²) in [6.45, 7) is 1.17. The molecule has 0 saturated carbocycles. The molecule has 0 aliphatic heterocycles. The summed E-state index contributed by atoms with van der Waals surface area (Å²) in [7, 11) is 1.64. The van der Waals surface area contributed by atoms with Crippen LogP contribution in [0.1, 0.15) is 17.3 Å². The molecule has 108 valence electrons. The summed E-state index contributed by atoms with van der Waals surface area (Å²) in [5, 5.41) is 5.46. The molecule has 2 N–H and O–H groups in total. The highest BCUT2D eigenvalue weighted by Crippen LogP contribution is 2.32. The van der Waals surface area contributed by atoms with Gasteiger partial charge in [0.2, 0.25) is 0 Å². The standard InChI is InChI=1S/C13H14BrCl2N3O/c1-20-5-4-19-13(10(14)7-18-19)12(17)9-6-8(15)2-3-11(9)16/h2-3,6-7,12H,4-5,17H2,1H3. The van der Waals surface area contributed by atoms with Crippen molar-refractivity contribution in [1.82, 2.24) is 9.78 Å². The summed E-state index contributed by atoms with van der Waals surface area (Å²) < 4.78 is 7.71. The van der Waals surface area contributed by atoms with Crippen LogP contribution in [-0.2, 0) is 11.3 Å². The fourth-order valence-electron chi connectivity index (χ4n) is 1.94. The molecule has 0 fully saturated rings. The van der Waals surface area contributed by atoms with Crippen LogP contribution < -0.4 is 5.73 Å². The first kappa shape index (κ1) is 15.8. The first-order chi connectivity index (χ1) is 9.54. The monoisotopic (exact) mass is 377 g/mol. The van der Waals surface area contributed by atoms with Gasteiger partial charge in [0.25, 0.3) is 0 Å². The summed E-state index contributed by atoms with van der Waals surface area (Å²) in [5.41, 5.74) is 7.93. The molecule has 20 heavy (non-hydrogen) atoms. The molecule has 2 aromatic rings. The van der Waals surface area contributed by atoms with Crippen molar-refractivity contribution in [1.29, 1.82) is 0 Å². The van der Waals surface area contributed by atoms with Crippen molar-refractivity contribution in [3.05, 3.63) is 50.2 Å². The minimum Gasteiger partial charge on any atom is -0.383 e. The molecule has 0 aliphatic carbocycles. The van der Waals surface area contributed by atoms with Crippen molar-refractivity contribution >= 4 is 39.1 Å². The van der Waals surface area contributed by atoms with E-state index in [4.69, 9.17) is 33.7 Å². The van der Waals surface area contributed by atoms with Crippen LogP contribution >= 0.6 is 39.1 Å². The van der Waals surface area contributed by atoms with Gasteiger partial charge in [0.05, 0.1) is 35.6 Å². The molecule has 0 spiro atoms. The van der Waals surface area contributed by atoms with Gasteiger partial charge in [-0.25, -0.2) is 0 Å². The molecule has 1 unspecified atom stereocenters. The third-order valence-electron chi connectivity index (χ3n) is 2.93. The molecule has 7 heteroatoms. The second-order valence-electron chi connectivity index (χ2n) is 4.24. The number of nitrogens with two attached hydrogens (primary N) is 1. The van der Waals surface area contributed by atoms with E-state index in [-0.39, 0.29) is 0 Å². The number of nitrogens with zero attached hydrogens (tertiary/aromatic N) is 2. The van der Waals surface area contributed by atoms with Gasteiger partial charge >= 0.3 is 0 Å². The van der Waals surface area contributed by atoms with Crippen molar-refractivity contribution in [2.75, 3.05) is 13.7 Å². The van der Waals surface area contributed by atoms with Crippen molar-refractivity contribution in [2.24, 2.45) is 5.73 Å². The number of ether oxygens (including phenoxy) is 1. The van der Waals surface area contributed by atoms with Crippen LogP contribution in [0.5, 0.6) is 0 Å². The van der Waals surface area contributed by atoms with Gasteiger partial charge in [-0.05, 0) is 39.7 Å². The van der Waals surface area contributed by atoms with Crippen LogP contribution in [0.2, 0.25) is 10.0 Å². The lowest BCUT2D eigenvalue weighted by atomic mass is 10.0. The van der Waals surface area contributed by atoms with Gasteiger partial charge in [-0.1, -0.05) is 23.2 Å². The smallest absolute Gasteiger partial charge is 0.0749 e. The van der Waals surface area contributed by atoms with Crippen molar-refractivity contribution in [2.45, 2.75) is 12.6 Å². The SMILES string of the molecule is COCCn1ncc(Br)c1C(N)c1cc(Cl)ccc1Cl.